The first-order valence-corrected chi connectivity index (χ1v) is 12.8. The van der Waals surface area contributed by atoms with Crippen molar-refractivity contribution in [1.82, 2.24) is 9.21 Å². The molecule has 2 heterocycles. The number of amides is 1. The highest BCUT2D eigenvalue weighted by Crippen LogP contribution is 2.26. The summed E-state index contributed by atoms with van der Waals surface area (Å²) in [6.07, 6.45) is 3.39. The Balaban J connectivity index is 1.34. The molecule has 33 heavy (non-hydrogen) atoms. The van der Waals surface area contributed by atoms with Gasteiger partial charge in [-0.05, 0) is 81.3 Å². The van der Waals surface area contributed by atoms with Crippen molar-refractivity contribution >= 4 is 21.6 Å². The van der Waals surface area contributed by atoms with Gasteiger partial charge in [0.2, 0.25) is 15.9 Å². The highest BCUT2D eigenvalue weighted by molar-refractivity contribution is 7.89. The third-order valence-electron chi connectivity index (χ3n) is 6.30. The molecule has 0 aromatic heterocycles. The number of benzene rings is 2. The molecule has 178 valence electrons. The first-order valence-electron chi connectivity index (χ1n) is 11.3. The largest absolute Gasteiger partial charge is 0.490 e. The lowest BCUT2D eigenvalue weighted by Gasteiger charge is -2.31. The summed E-state index contributed by atoms with van der Waals surface area (Å²) in [4.78, 5) is 15.2. The fourth-order valence-corrected chi connectivity index (χ4v) is 5.81. The van der Waals surface area contributed by atoms with E-state index in [1.807, 2.05) is 12.1 Å². The van der Waals surface area contributed by atoms with E-state index in [1.165, 1.54) is 16.4 Å². The minimum Gasteiger partial charge on any atom is -0.490 e. The molecule has 0 bridgehead atoms. The molecule has 1 unspecified atom stereocenters. The molecular formula is C24H30FN3O4S. The molecule has 2 aliphatic heterocycles. The van der Waals surface area contributed by atoms with Gasteiger partial charge >= 0.3 is 0 Å². The van der Waals surface area contributed by atoms with Crippen LogP contribution in [0.5, 0.6) is 5.75 Å². The van der Waals surface area contributed by atoms with Crippen LogP contribution < -0.4 is 10.1 Å². The number of nitrogens with one attached hydrogen (secondary N) is 1. The van der Waals surface area contributed by atoms with E-state index in [1.54, 1.807) is 12.1 Å². The standard InChI is InChI=1S/C24H30FN3O4S/c1-27-15-12-22(13-16-27)32-21-8-6-20(7-9-21)26-24(29)18-3-2-14-28(17-18)33(30,31)23-10-4-19(25)5-11-23/h4-11,18,22H,2-3,12-17H2,1H3,(H,26,29). The van der Waals surface area contributed by atoms with Crippen molar-refractivity contribution in [3.63, 3.8) is 0 Å². The van der Waals surface area contributed by atoms with Gasteiger partial charge in [0.15, 0.2) is 0 Å². The Bertz CT molecular complexity index is 1050. The third-order valence-corrected chi connectivity index (χ3v) is 8.18. The summed E-state index contributed by atoms with van der Waals surface area (Å²) in [5.74, 6) is -0.383. The lowest BCUT2D eigenvalue weighted by molar-refractivity contribution is -0.120. The molecule has 0 radical (unpaired) electrons. The summed E-state index contributed by atoms with van der Waals surface area (Å²) in [6.45, 7) is 2.48. The van der Waals surface area contributed by atoms with E-state index in [0.717, 1.165) is 43.8 Å². The van der Waals surface area contributed by atoms with Crippen molar-refractivity contribution in [2.75, 3.05) is 38.5 Å². The smallest absolute Gasteiger partial charge is 0.243 e. The number of carbonyl (C=O) groups excluding carboxylic acids is 1. The maximum atomic E-state index is 13.2. The maximum Gasteiger partial charge on any atom is 0.243 e. The van der Waals surface area contributed by atoms with Crippen LogP contribution in [0.2, 0.25) is 0 Å². The van der Waals surface area contributed by atoms with Crippen molar-refractivity contribution < 1.29 is 22.3 Å². The number of carbonyl (C=O) groups is 1. The van der Waals surface area contributed by atoms with E-state index in [9.17, 15) is 17.6 Å². The quantitative estimate of drug-likeness (QED) is 0.693. The van der Waals surface area contributed by atoms with Crippen LogP contribution in [0.4, 0.5) is 10.1 Å². The molecule has 1 atom stereocenters. The van der Waals surface area contributed by atoms with E-state index in [2.05, 4.69) is 17.3 Å². The zero-order chi connectivity index (χ0) is 23.4. The molecular weight excluding hydrogens is 445 g/mol. The molecule has 1 amide bonds. The predicted octanol–water partition coefficient (Wildman–Crippen LogP) is 3.34. The van der Waals surface area contributed by atoms with Crippen molar-refractivity contribution in [2.45, 2.75) is 36.7 Å². The molecule has 1 N–H and O–H groups in total. The Morgan fingerprint density at radius 1 is 1.00 bits per heavy atom. The number of rotatable bonds is 6. The second kappa shape index (κ2) is 10.2. The van der Waals surface area contributed by atoms with Crippen LogP contribution in [0.15, 0.2) is 53.4 Å². The first-order chi connectivity index (χ1) is 15.8. The molecule has 0 spiro atoms. The zero-order valence-corrected chi connectivity index (χ0v) is 19.6. The number of likely N-dealkylation sites (tertiary alicyclic amines) is 1. The van der Waals surface area contributed by atoms with Gasteiger partial charge in [-0.2, -0.15) is 4.31 Å². The predicted molar refractivity (Wildman–Crippen MR) is 124 cm³/mol. The molecule has 7 nitrogen and oxygen atoms in total. The number of sulfonamides is 1. The van der Waals surface area contributed by atoms with Crippen LogP contribution in [0.25, 0.3) is 0 Å². The molecule has 2 aromatic rings. The Morgan fingerprint density at radius 2 is 1.67 bits per heavy atom. The lowest BCUT2D eigenvalue weighted by atomic mass is 9.98. The van der Waals surface area contributed by atoms with Crippen LogP contribution in [-0.2, 0) is 14.8 Å². The van der Waals surface area contributed by atoms with Crippen molar-refractivity contribution in [1.29, 1.82) is 0 Å². The van der Waals surface area contributed by atoms with Gasteiger partial charge in [0, 0.05) is 31.9 Å². The van der Waals surface area contributed by atoms with Crippen molar-refractivity contribution in [3.8, 4) is 5.75 Å². The Labute approximate surface area is 194 Å². The van der Waals surface area contributed by atoms with Crippen LogP contribution in [0.3, 0.4) is 0 Å². The van der Waals surface area contributed by atoms with Gasteiger partial charge in [0.1, 0.15) is 17.7 Å². The Morgan fingerprint density at radius 3 is 2.33 bits per heavy atom. The Hall–Kier alpha value is -2.49. The SMILES string of the molecule is CN1CCC(Oc2ccc(NC(=O)C3CCCN(S(=O)(=O)c4ccc(F)cc4)C3)cc2)CC1. The second-order valence-electron chi connectivity index (χ2n) is 8.79. The van der Waals surface area contributed by atoms with Crippen LogP contribution in [0.1, 0.15) is 25.7 Å². The summed E-state index contributed by atoms with van der Waals surface area (Å²) >= 11 is 0. The molecule has 0 saturated carbocycles. The van der Waals surface area contributed by atoms with E-state index in [0.29, 0.717) is 25.1 Å². The fourth-order valence-electron chi connectivity index (χ4n) is 4.29. The lowest BCUT2D eigenvalue weighted by Crippen LogP contribution is -2.43. The van der Waals surface area contributed by atoms with Gasteiger partial charge in [-0.3, -0.25) is 4.79 Å². The molecule has 2 aliphatic rings. The minimum atomic E-state index is -3.77. The highest BCUT2D eigenvalue weighted by Gasteiger charge is 2.33. The van der Waals surface area contributed by atoms with E-state index >= 15 is 0 Å². The monoisotopic (exact) mass is 475 g/mol. The van der Waals surface area contributed by atoms with E-state index in [-0.39, 0.29) is 23.5 Å². The van der Waals surface area contributed by atoms with Crippen LogP contribution >= 0.6 is 0 Å². The first kappa shape index (κ1) is 23.7. The summed E-state index contributed by atoms with van der Waals surface area (Å²) in [6, 6.07) is 12.1. The third kappa shape index (κ3) is 5.90. The summed E-state index contributed by atoms with van der Waals surface area (Å²) in [5, 5.41) is 2.90. The van der Waals surface area contributed by atoms with Crippen LogP contribution in [-0.4, -0.2) is 62.9 Å². The van der Waals surface area contributed by atoms with Crippen molar-refractivity contribution in [3.05, 3.63) is 54.3 Å². The highest BCUT2D eigenvalue weighted by atomic mass is 32.2. The fraction of sp³-hybridized carbons (Fsp3) is 0.458. The molecule has 2 fully saturated rings. The average Bonchev–Trinajstić information content (AvgIpc) is 2.82. The molecule has 2 saturated heterocycles. The topological polar surface area (TPSA) is 79.0 Å². The summed E-state index contributed by atoms with van der Waals surface area (Å²) in [7, 11) is -1.67. The van der Waals surface area contributed by atoms with Gasteiger partial charge in [0.05, 0.1) is 10.8 Å². The Kier molecular flexibility index (Phi) is 7.31. The van der Waals surface area contributed by atoms with Gasteiger partial charge in [-0.25, -0.2) is 12.8 Å². The number of halogens is 1. The second-order valence-corrected chi connectivity index (χ2v) is 10.7. The normalized spacial score (nSPS) is 21.0. The molecule has 0 aliphatic carbocycles. The van der Waals surface area contributed by atoms with E-state index in [4.69, 9.17) is 4.74 Å². The number of hydrogen-bond acceptors (Lipinski definition) is 5. The minimum absolute atomic E-state index is 0.0326. The number of nitrogens with zero attached hydrogens (tertiary/aromatic N) is 2. The number of ether oxygens (including phenoxy) is 1. The summed E-state index contributed by atoms with van der Waals surface area (Å²) in [5.41, 5.74) is 0.647. The van der Waals surface area contributed by atoms with Gasteiger partial charge in [0.25, 0.3) is 0 Å². The zero-order valence-electron chi connectivity index (χ0n) is 18.7. The van der Waals surface area contributed by atoms with Gasteiger partial charge in [-0.1, -0.05) is 0 Å². The van der Waals surface area contributed by atoms with E-state index < -0.39 is 21.8 Å². The number of hydrogen-bond donors (Lipinski definition) is 1. The molecule has 2 aromatic carbocycles. The van der Waals surface area contributed by atoms with Crippen molar-refractivity contribution in [2.24, 2.45) is 5.92 Å². The number of anilines is 1. The van der Waals surface area contributed by atoms with Gasteiger partial charge < -0.3 is 15.0 Å². The maximum absolute atomic E-state index is 13.2. The molecule has 9 heteroatoms. The average molecular weight is 476 g/mol. The molecule has 4 rings (SSSR count). The number of piperidine rings is 2. The van der Waals surface area contributed by atoms with Gasteiger partial charge in [-0.15, -0.1) is 0 Å². The summed E-state index contributed by atoms with van der Waals surface area (Å²) < 4.78 is 46.3. The van der Waals surface area contributed by atoms with Crippen LogP contribution in [0, 0.1) is 11.7 Å².